The van der Waals surface area contributed by atoms with E-state index in [1.54, 1.807) is 16.3 Å². The lowest BCUT2D eigenvalue weighted by Crippen LogP contribution is -2.34. The van der Waals surface area contributed by atoms with Crippen molar-refractivity contribution in [2.45, 2.75) is 18.9 Å². The molecule has 4 aromatic carbocycles. The van der Waals surface area contributed by atoms with E-state index < -0.39 is 6.09 Å². The first-order chi connectivity index (χ1) is 22.0. The fourth-order valence-electron chi connectivity index (χ4n) is 6.11. The standard InChI is InChI=1S/C37H30FN3O3S/c38-28-10-6-8-26(20-28)25-15-17-41(18-16-25)36(42)34-23-45-35(40-34)27-9-5-7-24(19-27)21-39-37(43)44-22-33-31-13-3-1-11-29(31)30-12-2-4-14-32(30)33/h1-15,19-20,23,33H,16-18,21-22H2,(H,39,43). The second-order valence-electron chi connectivity index (χ2n) is 11.2. The lowest BCUT2D eigenvalue weighted by molar-refractivity contribution is 0.0768. The van der Waals surface area contributed by atoms with Crippen LogP contribution in [0.5, 0.6) is 0 Å². The summed E-state index contributed by atoms with van der Waals surface area (Å²) >= 11 is 1.41. The van der Waals surface area contributed by atoms with E-state index in [-0.39, 0.29) is 24.2 Å². The maximum atomic E-state index is 13.6. The summed E-state index contributed by atoms with van der Waals surface area (Å²) in [6.07, 6.45) is 2.17. The van der Waals surface area contributed by atoms with Crippen molar-refractivity contribution in [1.29, 1.82) is 0 Å². The Bertz CT molecular complexity index is 1890. The third-order valence-electron chi connectivity index (χ3n) is 8.37. The molecule has 0 saturated carbocycles. The second kappa shape index (κ2) is 12.5. The zero-order valence-electron chi connectivity index (χ0n) is 24.4. The number of alkyl carbamates (subject to hydrolysis) is 1. The highest BCUT2D eigenvalue weighted by Crippen LogP contribution is 2.44. The van der Waals surface area contributed by atoms with Gasteiger partial charge in [-0.25, -0.2) is 14.2 Å². The van der Waals surface area contributed by atoms with Gasteiger partial charge in [-0.05, 0) is 63.6 Å². The Balaban J connectivity index is 0.949. The minimum absolute atomic E-state index is 0.00438. The highest BCUT2D eigenvalue weighted by molar-refractivity contribution is 7.13. The summed E-state index contributed by atoms with van der Waals surface area (Å²) in [6.45, 7) is 1.56. The molecule has 6 nitrogen and oxygen atoms in total. The van der Waals surface area contributed by atoms with Crippen LogP contribution in [0, 0.1) is 5.82 Å². The van der Waals surface area contributed by atoms with E-state index in [1.807, 2.05) is 60.7 Å². The van der Waals surface area contributed by atoms with Crippen LogP contribution in [0.15, 0.2) is 109 Å². The van der Waals surface area contributed by atoms with Gasteiger partial charge in [0, 0.05) is 36.5 Å². The minimum atomic E-state index is -0.472. The smallest absolute Gasteiger partial charge is 0.407 e. The third-order valence-corrected chi connectivity index (χ3v) is 9.26. The van der Waals surface area contributed by atoms with Crippen molar-refractivity contribution < 1.29 is 18.7 Å². The van der Waals surface area contributed by atoms with Gasteiger partial charge in [-0.3, -0.25) is 4.79 Å². The fourth-order valence-corrected chi connectivity index (χ4v) is 6.90. The molecule has 2 heterocycles. The van der Waals surface area contributed by atoms with E-state index in [0.717, 1.165) is 27.3 Å². The molecule has 8 heteroatoms. The average molecular weight is 616 g/mol. The number of fused-ring (bicyclic) bond motifs is 3. The molecule has 5 aromatic rings. The first-order valence-electron chi connectivity index (χ1n) is 14.9. The van der Waals surface area contributed by atoms with E-state index in [1.165, 1.54) is 45.7 Å². The van der Waals surface area contributed by atoms with Gasteiger partial charge >= 0.3 is 6.09 Å². The molecule has 1 aliphatic heterocycles. The topological polar surface area (TPSA) is 71.5 Å². The Morgan fingerprint density at radius 3 is 2.38 bits per heavy atom. The zero-order chi connectivity index (χ0) is 30.8. The molecule has 0 bridgehead atoms. The van der Waals surface area contributed by atoms with Crippen LogP contribution in [0.3, 0.4) is 0 Å². The molecule has 7 rings (SSSR count). The SMILES string of the molecule is O=C(NCc1cccc(-c2nc(C(=O)N3CC=C(c4cccc(F)c4)CC3)cs2)c1)OCC1c2ccccc2-c2ccccc21. The van der Waals surface area contributed by atoms with Gasteiger partial charge in [-0.15, -0.1) is 11.3 Å². The molecular weight excluding hydrogens is 585 g/mol. The Hall–Kier alpha value is -5.08. The van der Waals surface area contributed by atoms with Crippen molar-refractivity contribution in [1.82, 2.24) is 15.2 Å². The van der Waals surface area contributed by atoms with Crippen LogP contribution >= 0.6 is 11.3 Å². The number of hydrogen-bond acceptors (Lipinski definition) is 5. The number of carbonyl (C=O) groups excluding carboxylic acids is 2. The largest absolute Gasteiger partial charge is 0.449 e. The van der Waals surface area contributed by atoms with Gasteiger partial charge in [0.1, 0.15) is 23.1 Å². The molecular formula is C37H30FN3O3S. The average Bonchev–Trinajstić information content (AvgIpc) is 3.70. The molecule has 0 unspecified atom stereocenters. The number of amides is 2. The van der Waals surface area contributed by atoms with Gasteiger partial charge in [0.15, 0.2) is 0 Å². The number of thiazole rings is 1. The number of benzene rings is 4. The van der Waals surface area contributed by atoms with E-state index in [2.05, 4.69) is 34.6 Å². The number of rotatable bonds is 7. The Kier molecular flexibility index (Phi) is 7.96. The fraction of sp³-hybridized carbons (Fsp3) is 0.162. The number of nitrogens with zero attached hydrogens (tertiary/aromatic N) is 2. The van der Waals surface area contributed by atoms with E-state index >= 15 is 0 Å². The number of aromatic nitrogens is 1. The molecule has 1 aliphatic carbocycles. The Labute approximate surface area is 264 Å². The molecule has 2 aliphatic rings. The molecule has 0 atom stereocenters. The van der Waals surface area contributed by atoms with Crippen LogP contribution in [-0.2, 0) is 11.3 Å². The lowest BCUT2D eigenvalue weighted by Gasteiger charge is -2.26. The lowest BCUT2D eigenvalue weighted by atomic mass is 9.98. The summed E-state index contributed by atoms with van der Waals surface area (Å²) in [5, 5.41) is 5.38. The van der Waals surface area contributed by atoms with E-state index in [4.69, 9.17) is 4.74 Å². The van der Waals surface area contributed by atoms with Crippen LogP contribution < -0.4 is 5.32 Å². The first kappa shape index (κ1) is 28.7. The zero-order valence-corrected chi connectivity index (χ0v) is 25.2. The molecule has 0 saturated heterocycles. The van der Waals surface area contributed by atoms with Gasteiger partial charge in [-0.1, -0.05) is 84.9 Å². The molecule has 0 spiro atoms. The normalized spacial score (nSPS) is 14.0. The summed E-state index contributed by atoms with van der Waals surface area (Å²) in [7, 11) is 0. The van der Waals surface area contributed by atoms with Crippen LogP contribution in [0.2, 0.25) is 0 Å². The maximum Gasteiger partial charge on any atom is 0.407 e. The minimum Gasteiger partial charge on any atom is -0.449 e. The van der Waals surface area contributed by atoms with Gasteiger partial charge in [-0.2, -0.15) is 0 Å². The van der Waals surface area contributed by atoms with Crippen LogP contribution in [-0.4, -0.2) is 41.6 Å². The van der Waals surface area contributed by atoms with Gasteiger partial charge < -0.3 is 15.0 Å². The molecule has 224 valence electrons. The molecule has 45 heavy (non-hydrogen) atoms. The predicted molar refractivity (Wildman–Crippen MR) is 174 cm³/mol. The number of carbonyl (C=O) groups is 2. The molecule has 0 fully saturated rings. The summed E-state index contributed by atoms with van der Waals surface area (Å²) in [5.74, 6) is -0.385. The van der Waals surface area contributed by atoms with Gasteiger partial charge in [0.2, 0.25) is 0 Å². The second-order valence-corrected chi connectivity index (χ2v) is 12.0. The number of hydrogen-bond donors (Lipinski definition) is 1. The van der Waals surface area contributed by atoms with Crippen molar-refractivity contribution in [3.63, 3.8) is 0 Å². The molecule has 1 N–H and O–H groups in total. The van der Waals surface area contributed by atoms with Gasteiger partial charge in [0.05, 0.1) is 0 Å². The monoisotopic (exact) mass is 615 g/mol. The molecule has 1 aromatic heterocycles. The number of ether oxygens (including phenoxy) is 1. The van der Waals surface area contributed by atoms with Crippen molar-refractivity contribution in [2.75, 3.05) is 19.7 Å². The Morgan fingerprint density at radius 2 is 1.64 bits per heavy atom. The summed E-state index contributed by atoms with van der Waals surface area (Å²) < 4.78 is 19.3. The first-order valence-corrected chi connectivity index (χ1v) is 15.8. The van der Waals surface area contributed by atoms with E-state index in [9.17, 15) is 14.0 Å². The van der Waals surface area contributed by atoms with E-state index in [0.29, 0.717) is 31.7 Å². The third kappa shape index (κ3) is 6.01. The summed E-state index contributed by atoms with van der Waals surface area (Å²) in [6, 6.07) is 30.8. The summed E-state index contributed by atoms with van der Waals surface area (Å²) in [5.41, 5.74) is 8.79. The van der Waals surface area contributed by atoms with Crippen molar-refractivity contribution >= 4 is 28.9 Å². The number of nitrogens with one attached hydrogen (secondary N) is 1. The quantitative estimate of drug-likeness (QED) is 0.202. The summed E-state index contributed by atoms with van der Waals surface area (Å²) in [4.78, 5) is 32.3. The number of halogens is 1. The Morgan fingerprint density at radius 1 is 0.911 bits per heavy atom. The molecule has 2 amide bonds. The van der Waals surface area contributed by atoms with Crippen molar-refractivity contribution in [3.05, 3.63) is 142 Å². The van der Waals surface area contributed by atoms with Crippen molar-refractivity contribution in [3.8, 4) is 21.7 Å². The predicted octanol–water partition coefficient (Wildman–Crippen LogP) is 7.92. The van der Waals surface area contributed by atoms with Crippen LogP contribution in [0.1, 0.15) is 45.1 Å². The maximum absolute atomic E-state index is 13.6. The molecule has 0 radical (unpaired) electrons. The van der Waals surface area contributed by atoms with Crippen LogP contribution in [0.4, 0.5) is 9.18 Å². The van der Waals surface area contributed by atoms with Crippen molar-refractivity contribution in [2.24, 2.45) is 0 Å². The van der Waals surface area contributed by atoms with Gasteiger partial charge in [0.25, 0.3) is 5.91 Å². The highest BCUT2D eigenvalue weighted by Gasteiger charge is 2.29. The van der Waals surface area contributed by atoms with Crippen LogP contribution in [0.25, 0.3) is 27.3 Å². The highest BCUT2D eigenvalue weighted by atomic mass is 32.1.